The molecule has 3 aromatic carbocycles. The SMILES string of the molecule is CC(C)c1ccccc1[C@@H](C#N)c1cccc(Oc2ccccc2)c1. The quantitative estimate of drug-likeness (QED) is 0.554. The number of nitriles is 1. The fraction of sp³-hybridized carbons (Fsp3) is 0.174. The standard InChI is InChI=1S/C23H21NO/c1-17(2)21-13-6-7-14-22(21)23(16-24)18-9-8-12-20(15-18)25-19-10-4-3-5-11-19/h3-15,17,23H,1-2H3/t23-/m0/s1. The molecular weight excluding hydrogens is 306 g/mol. The summed E-state index contributed by atoms with van der Waals surface area (Å²) < 4.78 is 5.92. The van der Waals surface area contributed by atoms with E-state index in [1.165, 1.54) is 5.56 Å². The zero-order valence-electron chi connectivity index (χ0n) is 14.5. The first kappa shape index (κ1) is 16.8. The fourth-order valence-electron chi connectivity index (χ4n) is 3.01. The molecule has 0 amide bonds. The molecule has 0 aromatic heterocycles. The maximum Gasteiger partial charge on any atom is 0.127 e. The van der Waals surface area contributed by atoms with Gasteiger partial charge in [-0.15, -0.1) is 0 Å². The van der Waals surface area contributed by atoms with Crippen LogP contribution in [-0.2, 0) is 0 Å². The highest BCUT2D eigenvalue weighted by Crippen LogP contribution is 2.33. The average molecular weight is 327 g/mol. The molecule has 0 spiro atoms. The summed E-state index contributed by atoms with van der Waals surface area (Å²) >= 11 is 0. The predicted octanol–water partition coefficient (Wildman–Crippen LogP) is 6.26. The third-order valence-electron chi connectivity index (χ3n) is 4.23. The highest BCUT2D eigenvalue weighted by atomic mass is 16.5. The molecule has 0 radical (unpaired) electrons. The van der Waals surface area contributed by atoms with Gasteiger partial charge in [-0.05, 0) is 46.9 Å². The summed E-state index contributed by atoms with van der Waals surface area (Å²) in [6, 6.07) is 28.1. The van der Waals surface area contributed by atoms with E-state index >= 15 is 0 Å². The molecule has 2 heteroatoms. The van der Waals surface area contributed by atoms with Gasteiger partial charge in [0.15, 0.2) is 0 Å². The normalized spacial score (nSPS) is 11.8. The van der Waals surface area contributed by atoms with Crippen LogP contribution in [0.15, 0.2) is 78.9 Å². The number of hydrogen-bond donors (Lipinski definition) is 0. The van der Waals surface area contributed by atoms with Crippen LogP contribution in [-0.4, -0.2) is 0 Å². The Kier molecular flexibility index (Phi) is 5.16. The van der Waals surface area contributed by atoms with Crippen molar-refractivity contribution >= 4 is 0 Å². The number of hydrogen-bond acceptors (Lipinski definition) is 2. The molecule has 3 aromatic rings. The molecule has 0 bridgehead atoms. The van der Waals surface area contributed by atoms with Gasteiger partial charge in [-0.2, -0.15) is 5.26 Å². The summed E-state index contributed by atoms with van der Waals surface area (Å²) in [6.07, 6.45) is 0. The number of nitrogens with zero attached hydrogens (tertiary/aromatic N) is 1. The van der Waals surface area contributed by atoms with Crippen molar-refractivity contribution in [2.75, 3.05) is 0 Å². The lowest BCUT2D eigenvalue weighted by Crippen LogP contribution is -2.04. The van der Waals surface area contributed by atoms with Crippen molar-refractivity contribution in [2.24, 2.45) is 0 Å². The highest BCUT2D eigenvalue weighted by Gasteiger charge is 2.18. The second kappa shape index (κ2) is 7.68. The van der Waals surface area contributed by atoms with Crippen LogP contribution in [0.1, 0.15) is 42.4 Å². The van der Waals surface area contributed by atoms with E-state index in [0.717, 1.165) is 22.6 Å². The maximum atomic E-state index is 9.83. The van der Waals surface area contributed by atoms with Crippen molar-refractivity contribution in [1.82, 2.24) is 0 Å². The minimum absolute atomic E-state index is 0.307. The molecule has 0 saturated carbocycles. The number of para-hydroxylation sites is 1. The Bertz CT molecular complexity index is 878. The predicted molar refractivity (Wildman–Crippen MR) is 101 cm³/mol. The van der Waals surface area contributed by atoms with Crippen molar-refractivity contribution in [3.8, 4) is 17.6 Å². The van der Waals surface area contributed by atoms with Crippen LogP contribution >= 0.6 is 0 Å². The van der Waals surface area contributed by atoms with Crippen LogP contribution in [0.25, 0.3) is 0 Å². The van der Waals surface area contributed by atoms with Gasteiger partial charge in [0.2, 0.25) is 0 Å². The first-order valence-electron chi connectivity index (χ1n) is 8.50. The first-order chi connectivity index (χ1) is 12.2. The van der Waals surface area contributed by atoms with E-state index in [2.05, 4.69) is 26.0 Å². The topological polar surface area (TPSA) is 33.0 Å². The Morgan fingerprint density at radius 1 is 0.760 bits per heavy atom. The summed E-state index contributed by atoms with van der Waals surface area (Å²) in [5.41, 5.74) is 3.23. The van der Waals surface area contributed by atoms with Crippen LogP contribution in [0, 0.1) is 11.3 Å². The van der Waals surface area contributed by atoms with E-state index in [0.29, 0.717) is 5.92 Å². The van der Waals surface area contributed by atoms with Gasteiger partial charge >= 0.3 is 0 Å². The Labute approximate surface area is 149 Å². The zero-order chi connectivity index (χ0) is 17.6. The highest BCUT2D eigenvalue weighted by molar-refractivity contribution is 5.46. The Morgan fingerprint density at radius 2 is 1.40 bits per heavy atom. The second-order valence-corrected chi connectivity index (χ2v) is 6.33. The number of benzene rings is 3. The van der Waals surface area contributed by atoms with Gasteiger partial charge in [0.05, 0.1) is 12.0 Å². The van der Waals surface area contributed by atoms with Gasteiger partial charge in [-0.25, -0.2) is 0 Å². The first-order valence-corrected chi connectivity index (χ1v) is 8.50. The third-order valence-corrected chi connectivity index (χ3v) is 4.23. The maximum absolute atomic E-state index is 9.83. The molecule has 0 unspecified atom stereocenters. The van der Waals surface area contributed by atoms with E-state index in [1.54, 1.807) is 0 Å². The molecule has 3 rings (SSSR count). The van der Waals surface area contributed by atoms with Crippen LogP contribution in [0.2, 0.25) is 0 Å². The molecule has 0 aliphatic heterocycles. The third kappa shape index (κ3) is 3.89. The second-order valence-electron chi connectivity index (χ2n) is 6.33. The lowest BCUT2D eigenvalue weighted by molar-refractivity contribution is 0.482. The van der Waals surface area contributed by atoms with E-state index in [-0.39, 0.29) is 5.92 Å². The summed E-state index contributed by atoms with van der Waals surface area (Å²) in [6.45, 7) is 4.31. The monoisotopic (exact) mass is 327 g/mol. The van der Waals surface area contributed by atoms with Gasteiger partial charge in [0.1, 0.15) is 11.5 Å². The Morgan fingerprint density at radius 3 is 2.08 bits per heavy atom. The average Bonchev–Trinajstić information content (AvgIpc) is 2.64. The van der Waals surface area contributed by atoms with E-state index < -0.39 is 0 Å². The van der Waals surface area contributed by atoms with Gasteiger partial charge in [-0.3, -0.25) is 0 Å². The molecule has 0 N–H and O–H groups in total. The van der Waals surface area contributed by atoms with E-state index in [1.807, 2.05) is 72.8 Å². The minimum atomic E-state index is -0.307. The number of ether oxygens (including phenoxy) is 1. The van der Waals surface area contributed by atoms with E-state index in [4.69, 9.17) is 4.74 Å². The van der Waals surface area contributed by atoms with E-state index in [9.17, 15) is 5.26 Å². The van der Waals surface area contributed by atoms with Crippen LogP contribution in [0.4, 0.5) is 0 Å². The Balaban J connectivity index is 1.95. The lowest BCUT2D eigenvalue weighted by atomic mass is 9.85. The molecule has 0 aliphatic rings. The van der Waals surface area contributed by atoms with Crippen LogP contribution < -0.4 is 4.74 Å². The molecule has 0 saturated heterocycles. The van der Waals surface area contributed by atoms with Crippen LogP contribution in [0.5, 0.6) is 11.5 Å². The van der Waals surface area contributed by atoms with Crippen molar-refractivity contribution < 1.29 is 4.74 Å². The zero-order valence-corrected chi connectivity index (χ0v) is 14.5. The minimum Gasteiger partial charge on any atom is -0.457 e. The van der Waals surface area contributed by atoms with Crippen molar-refractivity contribution in [2.45, 2.75) is 25.7 Å². The summed E-state index contributed by atoms with van der Waals surface area (Å²) in [5.74, 6) is 1.59. The van der Waals surface area contributed by atoms with Gasteiger partial charge in [-0.1, -0.05) is 68.4 Å². The lowest BCUT2D eigenvalue weighted by Gasteiger charge is -2.18. The van der Waals surface area contributed by atoms with Gasteiger partial charge in [0, 0.05) is 0 Å². The molecule has 0 aliphatic carbocycles. The molecule has 1 atom stereocenters. The summed E-state index contributed by atoms with van der Waals surface area (Å²) in [5, 5.41) is 9.83. The molecule has 0 fully saturated rings. The number of rotatable bonds is 5. The molecule has 2 nitrogen and oxygen atoms in total. The smallest absolute Gasteiger partial charge is 0.127 e. The fourth-order valence-corrected chi connectivity index (χ4v) is 3.01. The summed E-state index contributed by atoms with van der Waals surface area (Å²) in [7, 11) is 0. The largest absolute Gasteiger partial charge is 0.457 e. The van der Waals surface area contributed by atoms with Gasteiger partial charge < -0.3 is 4.74 Å². The molecule has 0 heterocycles. The van der Waals surface area contributed by atoms with Gasteiger partial charge in [0.25, 0.3) is 0 Å². The van der Waals surface area contributed by atoms with Crippen molar-refractivity contribution in [3.63, 3.8) is 0 Å². The van der Waals surface area contributed by atoms with Crippen molar-refractivity contribution in [3.05, 3.63) is 95.6 Å². The van der Waals surface area contributed by atoms with Crippen LogP contribution in [0.3, 0.4) is 0 Å². The molecular formula is C23H21NO. The molecule has 124 valence electrons. The Hall–Kier alpha value is -3.05. The molecule has 25 heavy (non-hydrogen) atoms. The summed E-state index contributed by atoms with van der Waals surface area (Å²) in [4.78, 5) is 0. The van der Waals surface area contributed by atoms with Crippen molar-refractivity contribution in [1.29, 1.82) is 5.26 Å².